The van der Waals surface area contributed by atoms with Crippen molar-refractivity contribution in [3.8, 4) is 0 Å². The van der Waals surface area contributed by atoms with Gasteiger partial charge in [0, 0.05) is 6.04 Å². The van der Waals surface area contributed by atoms with Crippen molar-refractivity contribution in [2.24, 2.45) is 23.2 Å². The molecule has 1 N–H and O–H groups in total. The molecule has 4 saturated carbocycles. The molecule has 4 fully saturated rings. The van der Waals surface area contributed by atoms with Crippen molar-refractivity contribution < 1.29 is 19.1 Å². The molecule has 5 nitrogen and oxygen atoms in total. The summed E-state index contributed by atoms with van der Waals surface area (Å²) in [6.07, 6.45) is 7.80. The maximum atomic E-state index is 12.4. The Kier molecular flexibility index (Phi) is 4.87. The summed E-state index contributed by atoms with van der Waals surface area (Å²) in [5.74, 6) is 1.63. The van der Waals surface area contributed by atoms with Crippen LogP contribution in [0.4, 0.5) is 0 Å². The van der Waals surface area contributed by atoms with E-state index < -0.39 is 5.97 Å². The topological polar surface area (TPSA) is 72.5 Å². The minimum absolute atomic E-state index is 0.0822. The molecule has 1 aromatic heterocycles. The molecule has 0 spiro atoms. The third-order valence-corrected chi connectivity index (χ3v) is 8.04. The zero-order valence-electron chi connectivity index (χ0n) is 16.0. The molecule has 1 aromatic rings. The number of rotatable bonds is 6. The van der Waals surface area contributed by atoms with Crippen LogP contribution in [0.25, 0.3) is 0 Å². The Morgan fingerprint density at radius 2 is 1.67 bits per heavy atom. The predicted molar refractivity (Wildman–Crippen MR) is 103 cm³/mol. The monoisotopic (exact) mass is 389 g/mol. The van der Waals surface area contributed by atoms with Gasteiger partial charge < -0.3 is 10.1 Å². The number of carbonyl (C=O) groups is 3. The van der Waals surface area contributed by atoms with Crippen molar-refractivity contribution in [2.45, 2.75) is 58.4 Å². The Balaban J connectivity index is 1.30. The summed E-state index contributed by atoms with van der Waals surface area (Å²) in [6, 6.07) is 3.29. The van der Waals surface area contributed by atoms with Crippen LogP contribution in [-0.2, 0) is 9.53 Å². The zero-order chi connectivity index (χ0) is 19.2. The lowest BCUT2D eigenvalue weighted by molar-refractivity contribution is -0.128. The standard InChI is InChI=1S/C21H27NO4S/c1-12(23)17-3-4-18(27-17)20(25)26-11-19(24)22-13(2)21-8-14-5-15(9-21)7-16(6-14)10-21/h3-4,13-16H,5-11H2,1-2H3,(H,22,24). The molecule has 1 unspecified atom stereocenters. The lowest BCUT2D eigenvalue weighted by Gasteiger charge is -2.59. The van der Waals surface area contributed by atoms with Crippen LogP contribution >= 0.6 is 11.3 Å². The average Bonchev–Trinajstić information content (AvgIpc) is 3.09. The molecule has 4 aliphatic rings. The van der Waals surface area contributed by atoms with E-state index in [1.54, 1.807) is 12.1 Å². The molecule has 1 amide bonds. The highest BCUT2D eigenvalue weighted by Crippen LogP contribution is 2.61. The van der Waals surface area contributed by atoms with E-state index >= 15 is 0 Å². The number of amides is 1. The van der Waals surface area contributed by atoms with Crippen molar-refractivity contribution in [1.29, 1.82) is 0 Å². The summed E-state index contributed by atoms with van der Waals surface area (Å²) >= 11 is 1.10. The van der Waals surface area contributed by atoms with E-state index in [0.29, 0.717) is 9.75 Å². The van der Waals surface area contributed by atoms with Crippen molar-refractivity contribution in [3.63, 3.8) is 0 Å². The van der Waals surface area contributed by atoms with Gasteiger partial charge in [0.15, 0.2) is 12.4 Å². The van der Waals surface area contributed by atoms with Gasteiger partial charge in [-0.2, -0.15) is 0 Å². The Labute approximate surface area is 163 Å². The Hall–Kier alpha value is -1.69. The summed E-state index contributed by atoms with van der Waals surface area (Å²) in [5, 5.41) is 3.10. The zero-order valence-corrected chi connectivity index (χ0v) is 16.8. The molecule has 4 aliphatic carbocycles. The number of carbonyl (C=O) groups excluding carboxylic acids is 3. The molecule has 146 valence electrons. The maximum Gasteiger partial charge on any atom is 0.348 e. The highest BCUT2D eigenvalue weighted by Gasteiger charge is 2.53. The van der Waals surface area contributed by atoms with Gasteiger partial charge in [0.25, 0.3) is 5.91 Å². The predicted octanol–water partition coefficient (Wildman–Crippen LogP) is 3.83. The SMILES string of the molecule is CC(=O)c1ccc(C(=O)OCC(=O)NC(C)C23CC4CC(CC(C4)C2)C3)s1. The molecule has 0 radical (unpaired) electrons. The van der Waals surface area contributed by atoms with Crippen LogP contribution in [0.5, 0.6) is 0 Å². The fraction of sp³-hybridized carbons (Fsp3) is 0.667. The third kappa shape index (κ3) is 3.68. The van der Waals surface area contributed by atoms with E-state index in [0.717, 1.165) is 29.1 Å². The molecule has 1 heterocycles. The first-order chi connectivity index (χ1) is 12.8. The molecule has 4 bridgehead atoms. The number of ketones is 1. The van der Waals surface area contributed by atoms with Gasteiger partial charge in [0.05, 0.1) is 4.88 Å². The maximum absolute atomic E-state index is 12.4. The van der Waals surface area contributed by atoms with Gasteiger partial charge in [0.2, 0.25) is 0 Å². The van der Waals surface area contributed by atoms with E-state index in [4.69, 9.17) is 4.74 Å². The molecular weight excluding hydrogens is 362 g/mol. The highest BCUT2D eigenvalue weighted by molar-refractivity contribution is 7.15. The molecule has 6 heteroatoms. The Morgan fingerprint density at radius 1 is 1.11 bits per heavy atom. The van der Waals surface area contributed by atoms with Crippen molar-refractivity contribution in [3.05, 3.63) is 21.9 Å². The summed E-state index contributed by atoms with van der Waals surface area (Å²) in [5.41, 5.74) is 0.235. The van der Waals surface area contributed by atoms with Crippen LogP contribution in [0.2, 0.25) is 0 Å². The van der Waals surface area contributed by atoms with Gasteiger partial charge in [0.1, 0.15) is 4.88 Å². The van der Waals surface area contributed by atoms with Gasteiger partial charge >= 0.3 is 5.97 Å². The molecule has 0 saturated heterocycles. The number of ether oxygens (including phenoxy) is 1. The molecule has 5 rings (SSSR count). The van der Waals surface area contributed by atoms with E-state index in [1.165, 1.54) is 45.4 Å². The summed E-state index contributed by atoms with van der Waals surface area (Å²) < 4.78 is 5.15. The van der Waals surface area contributed by atoms with Crippen LogP contribution in [0, 0.1) is 23.2 Å². The van der Waals surface area contributed by atoms with E-state index in [-0.39, 0.29) is 29.8 Å². The molecule has 0 aromatic carbocycles. The lowest BCUT2D eigenvalue weighted by atomic mass is 9.48. The quantitative estimate of drug-likeness (QED) is 0.593. The molecule has 1 atom stereocenters. The van der Waals surface area contributed by atoms with Crippen molar-refractivity contribution in [2.75, 3.05) is 6.61 Å². The lowest BCUT2D eigenvalue weighted by Crippen LogP contribution is -2.56. The summed E-state index contributed by atoms with van der Waals surface area (Å²) in [7, 11) is 0. The van der Waals surface area contributed by atoms with Crippen molar-refractivity contribution >= 4 is 29.0 Å². The Bertz CT molecular complexity index is 733. The summed E-state index contributed by atoms with van der Waals surface area (Å²) in [4.78, 5) is 36.6. The van der Waals surface area contributed by atoms with Crippen LogP contribution in [-0.4, -0.2) is 30.3 Å². The van der Waals surface area contributed by atoms with Crippen LogP contribution in [0.3, 0.4) is 0 Å². The number of hydrogen-bond donors (Lipinski definition) is 1. The Morgan fingerprint density at radius 3 is 2.19 bits per heavy atom. The average molecular weight is 390 g/mol. The van der Waals surface area contributed by atoms with E-state index in [2.05, 4.69) is 12.2 Å². The smallest absolute Gasteiger partial charge is 0.348 e. The second kappa shape index (κ2) is 7.04. The minimum atomic E-state index is -0.551. The highest BCUT2D eigenvalue weighted by atomic mass is 32.1. The normalized spacial score (nSPS) is 32.1. The van der Waals surface area contributed by atoms with Gasteiger partial charge in [-0.25, -0.2) is 4.79 Å². The molecular formula is C21H27NO4S. The van der Waals surface area contributed by atoms with Gasteiger partial charge in [-0.05, 0) is 87.7 Å². The largest absolute Gasteiger partial charge is 0.451 e. The first-order valence-corrected chi connectivity index (χ1v) is 10.7. The van der Waals surface area contributed by atoms with Gasteiger partial charge in [-0.15, -0.1) is 11.3 Å². The molecule has 0 aliphatic heterocycles. The van der Waals surface area contributed by atoms with Crippen molar-refractivity contribution in [1.82, 2.24) is 5.32 Å². The fourth-order valence-corrected chi connectivity index (χ4v) is 6.78. The van der Waals surface area contributed by atoms with Crippen LogP contribution in [0.1, 0.15) is 71.7 Å². The van der Waals surface area contributed by atoms with E-state index in [1.807, 2.05) is 0 Å². The van der Waals surface area contributed by atoms with Gasteiger partial charge in [-0.1, -0.05) is 0 Å². The first-order valence-electron chi connectivity index (χ1n) is 9.92. The van der Waals surface area contributed by atoms with E-state index in [9.17, 15) is 14.4 Å². The third-order valence-electron chi connectivity index (χ3n) is 6.87. The van der Waals surface area contributed by atoms with Crippen LogP contribution < -0.4 is 5.32 Å². The minimum Gasteiger partial charge on any atom is -0.451 e. The molecule has 27 heavy (non-hydrogen) atoms. The second-order valence-corrected chi connectivity index (χ2v) is 9.95. The number of nitrogens with one attached hydrogen (secondary N) is 1. The van der Waals surface area contributed by atoms with Gasteiger partial charge in [-0.3, -0.25) is 9.59 Å². The second-order valence-electron chi connectivity index (χ2n) is 8.87. The number of Topliss-reactive ketones (excluding diaryl/α,β-unsaturated/α-hetero) is 1. The fourth-order valence-electron chi connectivity index (χ4n) is 5.98. The van der Waals surface area contributed by atoms with Crippen LogP contribution in [0.15, 0.2) is 12.1 Å². The number of hydrogen-bond acceptors (Lipinski definition) is 5. The number of thiophene rings is 1. The first kappa shape index (κ1) is 18.7. The number of esters is 1. The summed E-state index contributed by atoms with van der Waals surface area (Å²) in [6.45, 7) is 3.30.